The van der Waals surface area contributed by atoms with Gasteiger partial charge in [0.15, 0.2) is 0 Å². The molecule has 0 rings (SSSR count). The summed E-state index contributed by atoms with van der Waals surface area (Å²) in [4.78, 5) is 0. The van der Waals surface area contributed by atoms with E-state index < -0.39 is 0 Å². The summed E-state index contributed by atoms with van der Waals surface area (Å²) in [6.45, 7) is 8.74. The fraction of sp³-hybridized carbons (Fsp3) is 0.923. The van der Waals surface area contributed by atoms with Gasteiger partial charge in [0, 0.05) is 0 Å². The molecule has 0 spiro atoms. The zero-order chi connectivity index (χ0) is 21.6. The normalized spacial score (nSPS) is 13.0. The van der Waals surface area contributed by atoms with Crippen molar-refractivity contribution >= 4 is 0 Å². The zero-order valence-corrected chi connectivity index (χ0v) is 20.3. The Labute approximate surface area is 183 Å². The van der Waals surface area contributed by atoms with Gasteiger partial charge in [0.25, 0.3) is 0 Å². The Balaban J connectivity index is 3.34. The number of hydrogen-bond donors (Lipinski definition) is 1. The fourth-order valence-corrected chi connectivity index (χ4v) is 4.09. The van der Waals surface area contributed by atoms with Crippen molar-refractivity contribution in [2.24, 2.45) is 0 Å². The van der Waals surface area contributed by atoms with Crippen LogP contribution in [0.2, 0.25) is 0 Å². The van der Waals surface area contributed by atoms with Gasteiger partial charge in [-0.05, 0) is 12.8 Å². The van der Waals surface area contributed by atoms with E-state index in [1.165, 1.54) is 103 Å². The molecule has 3 heteroatoms. The predicted molar refractivity (Wildman–Crippen MR) is 128 cm³/mol. The molecule has 29 heavy (non-hydrogen) atoms. The summed E-state index contributed by atoms with van der Waals surface area (Å²) >= 11 is 0. The van der Waals surface area contributed by atoms with Crippen molar-refractivity contribution in [2.75, 3.05) is 40.4 Å². The average molecular weight is 413 g/mol. The standard InChI is InChI=1S/C26H54NO2/c1-5-7-8-9-10-11-12-13-14-15-16-17-18-19-20-21-22-27(3,4)24-26(28)25-29-23-6-2/h6,26,28H,2,5,7-25H2,1,3-4H3/q+1. The summed E-state index contributed by atoms with van der Waals surface area (Å²) in [7, 11) is 4.42. The van der Waals surface area contributed by atoms with Crippen LogP contribution in [-0.4, -0.2) is 56.1 Å². The molecule has 0 aromatic heterocycles. The second-order valence-electron chi connectivity index (χ2n) is 9.63. The van der Waals surface area contributed by atoms with Gasteiger partial charge in [-0.15, -0.1) is 6.58 Å². The molecule has 1 atom stereocenters. The Kier molecular flexibility index (Phi) is 20.6. The maximum absolute atomic E-state index is 10.1. The molecule has 1 unspecified atom stereocenters. The topological polar surface area (TPSA) is 29.5 Å². The molecule has 0 aliphatic carbocycles. The monoisotopic (exact) mass is 412 g/mol. The number of likely N-dealkylation sites (N-methyl/N-ethyl adjacent to an activating group) is 1. The number of aliphatic hydroxyl groups excluding tert-OH is 1. The Bertz CT molecular complexity index is 344. The van der Waals surface area contributed by atoms with Crippen molar-refractivity contribution in [1.82, 2.24) is 0 Å². The van der Waals surface area contributed by atoms with Crippen molar-refractivity contribution in [2.45, 2.75) is 116 Å². The van der Waals surface area contributed by atoms with Crippen LogP contribution >= 0.6 is 0 Å². The molecule has 0 heterocycles. The summed E-state index contributed by atoms with van der Waals surface area (Å²) in [5.41, 5.74) is 0. The first-order valence-corrected chi connectivity index (χ1v) is 12.7. The highest BCUT2D eigenvalue weighted by Gasteiger charge is 2.20. The van der Waals surface area contributed by atoms with Crippen LogP contribution in [0.5, 0.6) is 0 Å². The molecule has 0 aliphatic heterocycles. The average Bonchev–Trinajstić information content (AvgIpc) is 2.67. The van der Waals surface area contributed by atoms with E-state index in [1.807, 2.05) is 0 Å². The maximum Gasteiger partial charge on any atom is 0.126 e. The molecule has 174 valence electrons. The summed E-state index contributed by atoms with van der Waals surface area (Å²) in [5.74, 6) is 0. The van der Waals surface area contributed by atoms with Gasteiger partial charge in [-0.2, -0.15) is 0 Å². The number of rotatable bonds is 23. The Morgan fingerprint density at radius 3 is 1.59 bits per heavy atom. The van der Waals surface area contributed by atoms with Crippen LogP contribution in [0.25, 0.3) is 0 Å². The van der Waals surface area contributed by atoms with Crippen LogP contribution < -0.4 is 0 Å². The first-order chi connectivity index (χ1) is 14.0. The van der Waals surface area contributed by atoms with Crippen molar-refractivity contribution < 1.29 is 14.3 Å². The van der Waals surface area contributed by atoms with E-state index >= 15 is 0 Å². The minimum Gasteiger partial charge on any atom is -0.385 e. The van der Waals surface area contributed by atoms with Gasteiger partial charge in [0.1, 0.15) is 12.6 Å². The van der Waals surface area contributed by atoms with Crippen molar-refractivity contribution in [3.05, 3.63) is 12.7 Å². The van der Waals surface area contributed by atoms with E-state index in [4.69, 9.17) is 4.74 Å². The molecular weight excluding hydrogens is 358 g/mol. The van der Waals surface area contributed by atoms with E-state index in [2.05, 4.69) is 27.6 Å². The van der Waals surface area contributed by atoms with Gasteiger partial charge in [0.05, 0.1) is 33.9 Å². The molecule has 3 nitrogen and oxygen atoms in total. The lowest BCUT2D eigenvalue weighted by Gasteiger charge is -2.31. The number of unbranched alkanes of at least 4 members (excludes halogenated alkanes) is 15. The summed E-state index contributed by atoms with van der Waals surface area (Å²) in [6.07, 6.45) is 23.9. The first kappa shape index (κ1) is 28.6. The number of quaternary nitrogens is 1. The van der Waals surface area contributed by atoms with Crippen LogP contribution in [-0.2, 0) is 4.74 Å². The molecule has 0 saturated carbocycles. The highest BCUT2D eigenvalue weighted by Crippen LogP contribution is 2.14. The summed E-state index contributed by atoms with van der Waals surface area (Å²) < 4.78 is 6.22. The first-order valence-electron chi connectivity index (χ1n) is 12.7. The molecule has 1 N–H and O–H groups in total. The molecule has 0 aliphatic rings. The lowest BCUT2D eigenvalue weighted by molar-refractivity contribution is -0.893. The SMILES string of the molecule is C=CCOCC(O)C[N+](C)(C)CCCCCCCCCCCCCCCCCC. The van der Waals surface area contributed by atoms with E-state index in [-0.39, 0.29) is 6.10 Å². The van der Waals surface area contributed by atoms with Gasteiger partial charge in [-0.1, -0.05) is 103 Å². The molecule has 0 fully saturated rings. The van der Waals surface area contributed by atoms with Crippen LogP contribution in [0.15, 0.2) is 12.7 Å². The predicted octanol–water partition coefficient (Wildman–Crippen LogP) is 6.89. The Morgan fingerprint density at radius 2 is 1.17 bits per heavy atom. The highest BCUT2D eigenvalue weighted by molar-refractivity contribution is 4.64. The third-order valence-corrected chi connectivity index (χ3v) is 5.87. The second-order valence-corrected chi connectivity index (χ2v) is 9.63. The lowest BCUT2D eigenvalue weighted by atomic mass is 10.0. The van der Waals surface area contributed by atoms with E-state index in [0.717, 1.165) is 17.6 Å². The van der Waals surface area contributed by atoms with Crippen LogP contribution in [0.4, 0.5) is 0 Å². The van der Waals surface area contributed by atoms with Crippen molar-refractivity contribution in [3.8, 4) is 0 Å². The largest absolute Gasteiger partial charge is 0.385 e. The van der Waals surface area contributed by atoms with Gasteiger partial charge in [-0.3, -0.25) is 0 Å². The minimum absolute atomic E-state index is 0.383. The molecule has 0 aromatic carbocycles. The van der Waals surface area contributed by atoms with E-state index in [9.17, 15) is 5.11 Å². The maximum atomic E-state index is 10.1. The van der Waals surface area contributed by atoms with Crippen LogP contribution in [0.3, 0.4) is 0 Å². The Morgan fingerprint density at radius 1 is 0.759 bits per heavy atom. The molecule has 0 radical (unpaired) electrons. The number of ether oxygens (including phenoxy) is 1. The van der Waals surface area contributed by atoms with E-state index in [0.29, 0.717) is 13.2 Å². The molecule has 0 aromatic rings. The smallest absolute Gasteiger partial charge is 0.126 e. The number of hydrogen-bond acceptors (Lipinski definition) is 2. The van der Waals surface area contributed by atoms with Crippen molar-refractivity contribution in [1.29, 1.82) is 0 Å². The molecule has 0 saturated heterocycles. The second kappa shape index (κ2) is 20.9. The fourth-order valence-electron chi connectivity index (χ4n) is 4.09. The Hall–Kier alpha value is -0.380. The third kappa shape index (κ3) is 22.1. The van der Waals surface area contributed by atoms with Crippen LogP contribution in [0, 0.1) is 0 Å². The molecule has 0 bridgehead atoms. The quantitative estimate of drug-likeness (QED) is 0.112. The summed E-state index contributed by atoms with van der Waals surface area (Å²) in [6, 6.07) is 0. The molecule has 0 amide bonds. The van der Waals surface area contributed by atoms with Gasteiger partial charge < -0.3 is 14.3 Å². The summed E-state index contributed by atoms with van der Waals surface area (Å²) in [5, 5.41) is 10.1. The minimum atomic E-state index is -0.383. The number of nitrogens with zero attached hydrogens (tertiary/aromatic N) is 1. The van der Waals surface area contributed by atoms with Crippen molar-refractivity contribution in [3.63, 3.8) is 0 Å². The van der Waals surface area contributed by atoms with Gasteiger partial charge in [-0.25, -0.2) is 0 Å². The van der Waals surface area contributed by atoms with E-state index in [1.54, 1.807) is 6.08 Å². The molecular formula is C26H54NO2+. The van der Waals surface area contributed by atoms with Crippen LogP contribution in [0.1, 0.15) is 110 Å². The number of aliphatic hydroxyl groups is 1. The lowest BCUT2D eigenvalue weighted by Crippen LogP contribution is -2.47. The zero-order valence-electron chi connectivity index (χ0n) is 20.3. The van der Waals surface area contributed by atoms with Gasteiger partial charge >= 0.3 is 0 Å². The highest BCUT2D eigenvalue weighted by atomic mass is 16.5. The van der Waals surface area contributed by atoms with Gasteiger partial charge in [0.2, 0.25) is 0 Å². The third-order valence-electron chi connectivity index (χ3n) is 5.87.